The third-order valence-electron chi connectivity index (χ3n) is 2.63. The van der Waals surface area contributed by atoms with Crippen LogP contribution in [0.4, 0.5) is 4.79 Å². The largest absolute Gasteiger partial charge is 0.367 e. The Labute approximate surface area is 97.1 Å². The molecule has 8 heteroatoms. The lowest BCUT2D eigenvalue weighted by Crippen LogP contribution is -2.63. The average Bonchev–Trinajstić information content (AvgIpc) is 2.22. The van der Waals surface area contributed by atoms with Crippen LogP contribution in [-0.4, -0.2) is 40.3 Å². The molecule has 1 aliphatic heterocycles. The molecule has 4 amide bonds. The van der Waals surface area contributed by atoms with Crippen LogP contribution in [0.5, 0.6) is 0 Å². The molecule has 0 saturated carbocycles. The van der Waals surface area contributed by atoms with Crippen LogP contribution in [0.3, 0.4) is 0 Å². The molecule has 1 aliphatic rings. The molecule has 1 saturated heterocycles. The Balaban J connectivity index is 2.90. The van der Waals surface area contributed by atoms with Gasteiger partial charge in [0.25, 0.3) is 0 Å². The number of nitrogens with one attached hydrogen (secondary N) is 1. The second-order valence-corrected chi connectivity index (χ2v) is 3.94. The van der Waals surface area contributed by atoms with Crippen molar-refractivity contribution in [2.24, 2.45) is 5.92 Å². The summed E-state index contributed by atoms with van der Waals surface area (Å²) in [5.74, 6) is -2.22. The molecule has 1 rings (SSSR count). The summed E-state index contributed by atoms with van der Waals surface area (Å²) in [4.78, 5) is 44.5. The molecule has 94 valence electrons. The predicted molar refractivity (Wildman–Crippen MR) is 55.5 cm³/mol. The lowest BCUT2D eigenvalue weighted by molar-refractivity contribution is -0.495. The zero-order chi connectivity index (χ0) is 13.2. The van der Waals surface area contributed by atoms with Crippen molar-refractivity contribution in [3.63, 3.8) is 0 Å². The normalized spacial score (nSPS) is 22.4. The first-order chi connectivity index (χ1) is 7.88. The minimum absolute atomic E-state index is 0.0188. The van der Waals surface area contributed by atoms with Crippen molar-refractivity contribution in [2.45, 2.75) is 26.3 Å². The summed E-state index contributed by atoms with van der Waals surface area (Å²) in [7, 11) is 0. The number of amides is 4. The van der Waals surface area contributed by atoms with Crippen LogP contribution in [0.1, 0.15) is 20.3 Å². The van der Waals surface area contributed by atoms with Gasteiger partial charge in [-0.05, 0) is 5.92 Å². The SMILES string of the molecule is CCC(C)CN1C(=O)NC(=O)C([N+](=O)[O-])C1=O. The first-order valence-corrected chi connectivity index (χ1v) is 5.18. The molecule has 0 aliphatic carbocycles. The minimum atomic E-state index is -2.02. The fourth-order valence-electron chi connectivity index (χ4n) is 1.40. The molecule has 8 nitrogen and oxygen atoms in total. The lowest BCUT2D eigenvalue weighted by atomic mass is 10.1. The van der Waals surface area contributed by atoms with E-state index in [1.807, 2.05) is 6.92 Å². The molecule has 1 fully saturated rings. The zero-order valence-electron chi connectivity index (χ0n) is 9.50. The molecule has 0 spiro atoms. The fraction of sp³-hybridized carbons (Fsp3) is 0.667. The van der Waals surface area contributed by atoms with Gasteiger partial charge in [0.1, 0.15) is 0 Å². The number of hydrogen-bond acceptors (Lipinski definition) is 5. The van der Waals surface area contributed by atoms with Crippen molar-refractivity contribution in [1.82, 2.24) is 10.2 Å². The highest BCUT2D eigenvalue weighted by Gasteiger charge is 2.48. The molecule has 0 aromatic rings. The quantitative estimate of drug-likeness (QED) is 0.416. The van der Waals surface area contributed by atoms with E-state index < -0.39 is 28.8 Å². The smallest absolute Gasteiger partial charge is 0.271 e. The first kappa shape index (κ1) is 13.1. The second-order valence-electron chi connectivity index (χ2n) is 3.94. The highest BCUT2D eigenvalue weighted by Crippen LogP contribution is 2.11. The highest BCUT2D eigenvalue weighted by molar-refractivity contribution is 6.17. The minimum Gasteiger partial charge on any atom is -0.271 e. The monoisotopic (exact) mass is 243 g/mol. The predicted octanol–water partition coefficient (Wildman–Crippen LogP) is -0.244. The number of hydrogen-bond donors (Lipinski definition) is 1. The summed E-state index contributed by atoms with van der Waals surface area (Å²) in [6.45, 7) is 3.74. The summed E-state index contributed by atoms with van der Waals surface area (Å²) < 4.78 is 0. The van der Waals surface area contributed by atoms with Crippen molar-refractivity contribution < 1.29 is 19.3 Å². The van der Waals surface area contributed by atoms with E-state index in [1.54, 1.807) is 12.2 Å². The van der Waals surface area contributed by atoms with E-state index in [2.05, 4.69) is 0 Å². The Morgan fingerprint density at radius 2 is 2.06 bits per heavy atom. The van der Waals surface area contributed by atoms with Gasteiger partial charge in [0.05, 0.1) is 0 Å². The fourth-order valence-corrected chi connectivity index (χ4v) is 1.40. The van der Waals surface area contributed by atoms with Crippen LogP contribution in [0, 0.1) is 16.0 Å². The molecule has 0 aromatic carbocycles. The maximum absolute atomic E-state index is 11.6. The first-order valence-electron chi connectivity index (χ1n) is 5.18. The van der Waals surface area contributed by atoms with Gasteiger partial charge in [-0.3, -0.25) is 29.9 Å². The van der Waals surface area contributed by atoms with Crippen LogP contribution in [0.2, 0.25) is 0 Å². The van der Waals surface area contributed by atoms with Gasteiger partial charge in [-0.2, -0.15) is 0 Å². The Hall–Kier alpha value is -1.99. The molecule has 17 heavy (non-hydrogen) atoms. The van der Waals surface area contributed by atoms with Crippen molar-refractivity contribution in [1.29, 1.82) is 0 Å². The highest BCUT2D eigenvalue weighted by atomic mass is 16.6. The standard InChI is InChI=1S/C9H13N3O5/c1-3-5(2)4-11-8(14)6(12(16)17)7(13)10-9(11)15/h5-6H,3-4H2,1-2H3,(H,10,13,15). The van der Waals surface area contributed by atoms with E-state index in [9.17, 15) is 24.5 Å². The molecule has 0 bridgehead atoms. The van der Waals surface area contributed by atoms with Crippen molar-refractivity contribution in [2.75, 3.05) is 6.54 Å². The Morgan fingerprint density at radius 1 is 1.47 bits per heavy atom. The number of carbonyl (C=O) groups is 3. The number of carbonyl (C=O) groups excluding carboxylic acids is 3. The molecule has 1 heterocycles. The molecule has 2 atom stereocenters. The van der Waals surface area contributed by atoms with Gasteiger partial charge in [0.15, 0.2) is 0 Å². The number of barbiturate groups is 1. The summed E-state index contributed by atoms with van der Waals surface area (Å²) in [5.41, 5.74) is 0. The van der Waals surface area contributed by atoms with Gasteiger partial charge in [0.2, 0.25) is 0 Å². The number of rotatable bonds is 4. The summed E-state index contributed by atoms with van der Waals surface area (Å²) in [6, 6.07) is -2.91. The third-order valence-corrected chi connectivity index (χ3v) is 2.63. The van der Waals surface area contributed by atoms with Gasteiger partial charge >= 0.3 is 23.9 Å². The summed E-state index contributed by atoms with van der Waals surface area (Å²) in [6.07, 6.45) is 0.716. The van der Waals surface area contributed by atoms with E-state index >= 15 is 0 Å². The van der Waals surface area contributed by atoms with Crippen LogP contribution < -0.4 is 5.32 Å². The molecule has 0 radical (unpaired) electrons. The number of nitro groups is 1. The van der Waals surface area contributed by atoms with E-state index in [4.69, 9.17) is 0 Å². The Morgan fingerprint density at radius 3 is 2.53 bits per heavy atom. The van der Waals surface area contributed by atoms with Gasteiger partial charge in [0, 0.05) is 11.5 Å². The second kappa shape index (κ2) is 4.89. The molecular weight excluding hydrogens is 230 g/mol. The lowest BCUT2D eigenvalue weighted by Gasteiger charge is -2.27. The molecule has 2 unspecified atom stereocenters. The molecule has 1 N–H and O–H groups in total. The van der Waals surface area contributed by atoms with E-state index in [-0.39, 0.29) is 12.5 Å². The Kier molecular flexibility index (Phi) is 3.77. The third kappa shape index (κ3) is 2.58. The summed E-state index contributed by atoms with van der Waals surface area (Å²) in [5, 5.41) is 12.4. The Bertz CT molecular complexity index is 381. The van der Waals surface area contributed by atoms with Gasteiger partial charge in [-0.25, -0.2) is 4.79 Å². The maximum atomic E-state index is 11.6. The van der Waals surface area contributed by atoms with E-state index in [0.29, 0.717) is 6.42 Å². The maximum Gasteiger partial charge on any atom is 0.367 e. The zero-order valence-corrected chi connectivity index (χ0v) is 9.50. The van der Waals surface area contributed by atoms with Gasteiger partial charge < -0.3 is 0 Å². The topological polar surface area (TPSA) is 110 Å². The average molecular weight is 243 g/mol. The van der Waals surface area contributed by atoms with Crippen LogP contribution in [0.25, 0.3) is 0 Å². The van der Waals surface area contributed by atoms with Gasteiger partial charge in [-0.1, -0.05) is 20.3 Å². The van der Waals surface area contributed by atoms with Crippen molar-refractivity contribution in [3.8, 4) is 0 Å². The van der Waals surface area contributed by atoms with E-state index in [0.717, 1.165) is 4.90 Å². The van der Waals surface area contributed by atoms with Crippen LogP contribution in [-0.2, 0) is 9.59 Å². The number of imide groups is 2. The van der Waals surface area contributed by atoms with Crippen LogP contribution >= 0.6 is 0 Å². The van der Waals surface area contributed by atoms with Crippen molar-refractivity contribution >= 4 is 17.8 Å². The number of urea groups is 1. The van der Waals surface area contributed by atoms with Gasteiger partial charge in [-0.15, -0.1) is 0 Å². The summed E-state index contributed by atoms with van der Waals surface area (Å²) >= 11 is 0. The molecular formula is C9H13N3O5. The molecule has 0 aromatic heterocycles. The number of nitrogens with zero attached hydrogens (tertiary/aromatic N) is 2. The van der Waals surface area contributed by atoms with Crippen LogP contribution in [0.15, 0.2) is 0 Å². The van der Waals surface area contributed by atoms with E-state index in [1.165, 1.54) is 0 Å². The van der Waals surface area contributed by atoms with Crippen molar-refractivity contribution in [3.05, 3.63) is 10.1 Å².